The van der Waals surface area contributed by atoms with Gasteiger partial charge in [0.1, 0.15) is 30.5 Å². The van der Waals surface area contributed by atoms with Crippen LogP contribution in [0.25, 0.3) is 0 Å². The van der Waals surface area contributed by atoms with Crippen LogP contribution in [0, 0.1) is 11.8 Å². The third-order valence-corrected chi connectivity index (χ3v) is 8.17. The van der Waals surface area contributed by atoms with E-state index in [2.05, 4.69) is 13.0 Å². The van der Waals surface area contributed by atoms with Gasteiger partial charge in [-0.1, -0.05) is 56.4 Å². The third-order valence-electron chi connectivity index (χ3n) is 8.17. The Bertz CT molecular complexity index is 896. The van der Waals surface area contributed by atoms with Gasteiger partial charge >= 0.3 is 0 Å². The van der Waals surface area contributed by atoms with Crippen LogP contribution in [0.5, 0.6) is 0 Å². The van der Waals surface area contributed by atoms with Crippen molar-refractivity contribution in [3.63, 3.8) is 0 Å². The fourth-order valence-electron chi connectivity index (χ4n) is 5.96. The minimum Gasteiger partial charge on any atom is -0.394 e. The van der Waals surface area contributed by atoms with Gasteiger partial charge < -0.3 is 39.7 Å². The summed E-state index contributed by atoms with van der Waals surface area (Å²) >= 11 is 0. The molecular formula is C28H42O9. The van der Waals surface area contributed by atoms with Crippen molar-refractivity contribution in [1.82, 2.24) is 0 Å². The molecule has 5 N–H and O–H groups in total. The summed E-state index contributed by atoms with van der Waals surface area (Å²) in [5.41, 5.74) is 1.77. The highest BCUT2D eigenvalue weighted by molar-refractivity contribution is 5.98. The minimum atomic E-state index is -1.96. The number of unbranched alkanes of at least 4 members (excludes halogenated alkanes) is 5. The molecule has 0 spiro atoms. The standard InChI is InChI=1S/C28H42O9/c1-3-4-5-6-7-8-9-10-21-16(2)11-20-19-14-18(12-17(19)13-23(30)28(20,34)37-21)35-27-26(33)25(32)24(31)22(15-29)36-27/h9-11,13,18-22,24-27,29,31-34H,3-8,12,14-15H2,1-2H3/b10-9+/t18-,19+,20-,21-,22+,24+,25-,26+,27+,28+/m0/s1. The zero-order valence-corrected chi connectivity index (χ0v) is 21.7. The molecule has 9 nitrogen and oxygen atoms in total. The Kier molecular flexibility index (Phi) is 9.40. The SMILES string of the molecule is CCCCCCC/C=C/[C@@H]1O[C@@]2(O)C(=O)C=C3C[C@H](O[C@@H]4O[C@H](CO)[C@@H](O)[C@H](O)[C@H]4O)C[C@H]3[C@@H]2C=C1C. The van der Waals surface area contributed by atoms with Gasteiger partial charge in [0.25, 0.3) is 0 Å². The predicted octanol–water partition coefficient (Wildman–Crippen LogP) is 1.66. The van der Waals surface area contributed by atoms with Gasteiger partial charge in [-0.05, 0) is 50.2 Å². The van der Waals surface area contributed by atoms with E-state index in [1.165, 1.54) is 31.8 Å². The Hall–Kier alpha value is -1.43. The van der Waals surface area contributed by atoms with Crippen LogP contribution in [-0.2, 0) is 19.0 Å². The van der Waals surface area contributed by atoms with E-state index in [0.717, 1.165) is 24.0 Å². The predicted molar refractivity (Wildman–Crippen MR) is 134 cm³/mol. The van der Waals surface area contributed by atoms with Gasteiger partial charge in [0.05, 0.1) is 12.7 Å². The molecule has 1 saturated heterocycles. The number of rotatable bonds is 10. The van der Waals surface area contributed by atoms with E-state index in [-0.39, 0.29) is 5.92 Å². The number of aliphatic hydroxyl groups excluding tert-OH is 4. The van der Waals surface area contributed by atoms with E-state index in [9.17, 15) is 30.3 Å². The van der Waals surface area contributed by atoms with Crippen molar-refractivity contribution in [3.8, 4) is 0 Å². The highest BCUT2D eigenvalue weighted by Gasteiger charge is 2.56. The molecule has 9 heteroatoms. The summed E-state index contributed by atoms with van der Waals surface area (Å²) < 4.78 is 17.5. The number of ether oxygens (including phenoxy) is 3. The summed E-state index contributed by atoms with van der Waals surface area (Å²) in [7, 11) is 0. The van der Waals surface area contributed by atoms with Gasteiger partial charge in [0.2, 0.25) is 11.6 Å². The topological polar surface area (TPSA) is 146 Å². The quantitative estimate of drug-likeness (QED) is 0.214. The summed E-state index contributed by atoms with van der Waals surface area (Å²) in [4.78, 5) is 13.0. The number of carbonyl (C=O) groups is 1. The normalized spacial score (nSPS) is 41.9. The second-order valence-corrected chi connectivity index (χ2v) is 10.9. The molecule has 10 atom stereocenters. The monoisotopic (exact) mass is 522 g/mol. The van der Waals surface area contributed by atoms with E-state index in [0.29, 0.717) is 12.8 Å². The molecule has 0 aromatic carbocycles. The zero-order valence-electron chi connectivity index (χ0n) is 21.7. The summed E-state index contributed by atoms with van der Waals surface area (Å²) in [6.45, 7) is 3.59. The smallest absolute Gasteiger partial charge is 0.238 e. The molecule has 4 rings (SSSR count). The van der Waals surface area contributed by atoms with Crippen molar-refractivity contribution in [1.29, 1.82) is 0 Å². The first-order chi connectivity index (χ1) is 17.7. The van der Waals surface area contributed by atoms with Crippen LogP contribution in [0.2, 0.25) is 0 Å². The molecule has 0 unspecified atom stereocenters. The van der Waals surface area contributed by atoms with Gasteiger partial charge in [-0.25, -0.2) is 0 Å². The average molecular weight is 523 g/mol. The van der Waals surface area contributed by atoms with E-state index in [1.807, 2.05) is 19.1 Å². The first-order valence-corrected chi connectivity index (χ1v) is 13.7. The van der Waals surface area contributed by atoms with Crippen LogP contribution in [0.4, 0.5) is 0 Å². The Morgan fingerprint density at radius 1 is 1.14 bits per heavy atom. The number of hydrogen-bond donors (Lipinski definition) is 5. The number of hydrogen-bond acceptors (Lipinski definition) is 9. The number of allylic oxidation sites excluding steroid dienone is 1. The maximum absolute atomic E-state index is 13.0. The zero-order chi connectivity index (χ0) is 26.7. The molecule has 37 heavy (non-hydrogen) atoms. The highest BCUT2D eigenvalue weighted by Crippen LogP contribution is 2.50. The van der Waals surface area contributed by atoms with E-state index < -0.39 is 67.0 Å². The molecule has 0 bridgehead atoms. The Morgan fingerprint density at radius 2 is 1.89 bits per heavy atom. The maximum atomic E-state index is 13.0. The van der Waals surface area contributed by atoms with Gasteiger partial charge in [-0.3, -0.25) is 4.79 Å². The molecule has 4 aliphatic rings. The lowest BCUT2D eigenvalue weighted by Crippen LogP contribution is -2.59. The van der Waals surface area contributed by atoms with Crippen LogP contribution >= 0.6 is 0 Å². The minimum absolute atomic E-state index is 0.198. The van der Waals surface area contributed by atoms with Crippen LogP contribution in [0.3, 0.4) is 0 Å². The van der Waals surface area contributed by atoms with E-state index >= 15 is 0 Å². The Labute approximate surface area is 218 Å². The van der Waals surface area contributed by atoms with Crippen molar-refractivity contribution >= 4 is 5.78 Å². The molecule has 0 amide bonds. The van der Waals surface area contributed by atoms with Gasteiger partial charge in [-0.15, -0.1) is 0 Å². The van der Waals surface area contributed by atoms with Crippen molar-refractivity contribution in [2.75, 3.05) is 6.61 Å². The van der Waals surface area contributed by atoms with Crippen molar-refractivity contribution in [3.05, 3.63) is 35.5 Å². The number of ketones is 1. The first kappa shape index (κ1) is 28.6. The molecule has 2 heterocycles. The third kappa shape index (κ3) is 5.94. The Morgan fingerprint density at radius 3 is 2.62 bits per heavy atom. The van der Waals surface area contributed by atoms with Crippen LogP contribution in [0.15, 0.2) is 35.5 Å². The molecule has 0 aromatic rings. The van der Waals surface area contributed by atoms with Gasteiger partial charge in [0.15, 0.2) is 6.29 Å². The largest absolute Gasteiger partial charge is 0.394 e. The van der Waals surface area contributed by atoms with Crippen LogP contribution in [-0.4, -0.2) is 86.6 Å². The summed E-state index contributed by atoms with van der Waals surface area (Å²) in [5, 5.41) is 51.2. The number of aliphatic hydroxyl groups is 5. The van der Waals surface area contributed by atoms with E-state index in [4.69, 9.17) is 14.2 Å². The summed E-state index contributed by atoms with van der Waals surface area (Å²) in [6.07, 6.45) is 7.41. The van der Waals surface area contributed by atoms with Crippen molar-refractivity contribution in [2.45, 2.75) is 114 Å². The molecule has 1 saturated carbocycles. The summed E-state index contributed by atoms with van der Waals surface area (Å²) in [6, 6.07) is 0. The number of carbonyl (C=O) groups excluding carboxylic acids is 1. The van der Waals surface area contributed by atoms with Crippen molar-refractivity contribution in [2.24, 2.45) is 11.8 Å². The lowest BCUT2D eigenvalue weighted by molar-refractivity contribution is -0.311. The van der Waals surface area contributed by atoms with Crippen LogP contribution in [0.1, 0.15) is 65.2 Å². The van der Waals surface area contributed by atoms with Gasteiger partial charge in [0, 0.05) is 5.92 Å². The molecule has 2 fully saturated rings. The molecule has 0 aromatic heterocycles. The van der Waals surface area contributed by atoms with Crippen LogP contribution < -0.4 is 0 Å². The second kappa shape index (κ2) is 12.2. The second-order valence-electron chi connectivity index (χ2n) is 10.9. The average Bonchev–Trinajstić information content (AvgIpc) is 3.27. The highest BCUT2D eigenvalue weighted by atomic mass is 16.7. The molecule has 2 aliphatic carbocycles. The molecular weight excluding hydrogens is 480 g/mol. The molecule has 2 aliphatic heterocycles. The number of fused-ring (bicyclic) bond motifs is 3. The molecule has 208 valence electrons. The Balaban J connectivity index is 1.41. The van der Waals surface area contributed by atoms with Gasteiger partial charge in [-0.2, -0.15) is 0 Å². The van der Waals surface area contributed by atoms with Crippen molar-refractivity contribution < 1.29 is 44.5 Å². The first-order valence-electron chi connectivity index (χ1n) is 13.7. The molecule has 0 radical (unpaired) electrons. The fraction of sp³-hybridized carbons (Fsp3) is 0.750. The fourth-order valence-corrected chi connectivity index (χ4v) is 5.96. The van der Waals surface area contributed by atoms with E-state index in [1.54, 1.807) is 0 Å². The maximum Gasteiger partial charge on any atom is 0.238 e. The lowest BCUT2D eigenvalue weighted by atomic mass is 9.72. The lowest BCUT2D eigenvalue weighted by Gasteiger charge is -2.44. The summed E-state index contributed by atoms with van der Waals surface area (Å²) in [5.74, 6) is -3.21.